The number of carbonyl (C=O) groups excluding carboxylic acids is 1. The molecule has 0 spiro atoms. The van der Waals surface area contributed by atoms with Crippen molar-refractivity contribution in [1.29, 1.82) is 0 Å². The summed E-state index contributed by atoms with van der Waals surface area (Å²) < 4.78 is 5.43. The molecule has 2 aromatic carbocycles. The number of amides is 1. The van der Waals surface area contributed by atoms with Crippen LogP contribution >= 0.6 is 11.8 Å². The Morgan fingerprint density at radius 3 is 2.82 bits per heavy atom. The predicted molar refractivity (Wildman–Crippen MR) is 111 cm³/mol. The number of carboxylic acids is 1. The van der Waals surface area contributed by atoms with Gasteiger partial charge in [-0.1, -0.05) is 29.8 Å². The predicted octanol–water partition coefficient (Wildman–Crippen LogP) is 4.05. The third kappa shape index (κ3) is 5.23. The molecule has 7 heteroatoms. The molecular formula is C21H20N2O4S. The lowest BCUT2D eigenvalue weighted by Gasteiger charge is -2.05. The van der Waals surface area contributed by atoms with Crippen LogP contribution in [0.1, 0.15) is 23.1 Å². The first kappa shape index (κ1) is 19.7. The third-order valence-corrected chi connectivity index (χ3v) is 4.88. The number of aliphatic carboxylic acids is 1. The van der Waals surface area contributed by atoms with Crippen LogP contribution in [0.15, 0.2) is 52.4 Å². The second-order valence-electron chi connectivity index (χ2n) is 6.34. The van der Waals surface area contributed by atoms with Gasteiger partial charge in [-0.3, -0.25) is 9.59 Å². The molecule has 1 heterocycles. The highest BCUT2D eigenvalue weighted by molar-refractivity contribution is 8.18. The summed E-state index contributed by atoms with van der Waals surface area (Å²) in [5, 5.41) is 12.0. The molecular weight excluding hydrogens is 376 g/mol. The number of benzene rings is 2. The molecule has 28 heavy (non-hydrogen) atoms. The topological polar surface area (TPSA) is 88.0 Å². The van der Waals surface area contributed by atoms with E-state index in [1.807, 2.05) is 38.1 Å². The number of carboxylic acid groups (broad SMARTS) is 1. The fraction of sp³-hybridized carbons (Fsp3) is 0.190. The number of amidine groups is 1. The summed E-state index contributed by atoms with van der Waals surface area (Å²) in [6.07, 6.45) is 1.69. The van der Waals surface area contributed by atoms with Crippen LogP contribution < -0.4 is 10.1 Å². The molecule has 0 aliphatic carbocycles. The molecule has 0 aromatic heterocycles. The van der Waals surface area contributed by atoms with Crippen LogP contribution in [-0.2, 0) is 9.59 Å². The average Bonchev–Trinajstić information content (AvgIpc) is 2.97. The molecule has 6 nitrogen and oxygen atoms in total. The summed E-state index contributed by atoms with van der Waals surface area (Å²) in [4.78, 5) is 27.9. The van der Waals surface area contributed by atoms with Crippen molar-refractivity contribution in [2.45, 2.75) is 20.3 Å². The number of hydrogen-bond acceptors (Lipinski definition) is 5. The van der Waals surface area contributed by atoms with E-state index in [-0.39, 0.29) is 18.9 Å². The second kappa shape index (κ2) is 8.75. The van der Waals surface area contributed by atoms with Gasteiger partial charge in [0.25, 0.3) is 5.91 Å². The monoisotopic (exact) mass is 396 g/mol. The van der Waals surface area contributed by atoms with Gasteiger partial charge in [-0.15, -0.1) is 0 Å². The fourth-order valence-electron chi connectivity index (χ4n) is 2.62. The molecule has 1 saturated heterocycles. The van der Waals surface area contributed by atoms with Gasteiger partial charge < -0.3 is 15.2 Å². The first-order chi connectivity index (χ1) is 13.4. The van der Waals surface area contributed by atoms with Gasteiger partial charge in [0.2, 0.25) is 0 Å². The Balaban J connectivity index is 1.73. The molecule has 1 aliphatic rings. The second-order valence-corrected chi connectivity index (χ2v) is 7.37. The van der Waals surface area contributed by atoms with Gasteiger partial charge >= 0.3 is 5.97 Å². The Bertz CT molecular complexity index is 982. The van der Waals surface area contributed by atoms with E-state index in [4.69, 9.17) is 9.84 Å². The van der Waals surface area contributed by atoms with E-state index < -0.39 is 5.97 Å². The number of ether oxygens (including phenoxy) is 1. The first-order valence-corrected chi connectivity index (χ1v) is 9.54. The SMILES string of the molecule is Cc1ccc(N=C2NC(=O)/C(=C/c3cccc(OCCC(=O)O)c3)S2)c(C)c1. The van der Waals surface area contributed by atoms with Crippen molar-refractivity contribution >= 4 is 40.6 Å². The molecule has 2 N–H and O–H groups in total. The summed E-state index contributed by atoms with van der Waals surface area (Å²) in [6, 6.07) is 13.1. The quantitative estimate of drug-likeness (QED) is 0.719. The maximum atomic E-state index is 12.3. The Kier molecular flexibility index (Phi) is 6.16. The van der Waals surface area contributed by atoms with E-state index in [1.54, 1.807) is 24.3 Å². The summed E-state index contributed by atoms with van der Waals surface area (Å²) in [5.41, 5.74) is 3.82. The van der Waals surface area contributed by atoms with Gasteiger partial charge in [0, 0.05) is 0 Å². The molecule has 0 saturated carbocycles. The van der Waals surface area contributed by atoms with E-state index in [0.29, 0.717) is 15.8 Å². The number of hydrogen-bond donors (Lipinski definition) is 2. The van der Waals surface area contributed by atoms with Crippen molar-refractivity contribution in [3.63, 3.8) is 0 Å². The molecule has 0 bridgehead atoms. The zero-order chi connectivity index (χ0) is 20.1. The van der Waals surface area contributed by atoms with Crippen molar-refractivity contribution in [2.24, 2.45) is 4.99 Å². The van der Waals surface area contributed by atoms with Gasteiger partial charge in [0.1, 0.15) is 5.75 Å². The summed E-state index contributed by atoms with van der Waals surface area (Å²) in [5.74, 6) is -0.554. The Morgan fingerprint density at radius 2 is 2.07 bits per heavy atom. The fourth-order valence-corrected chi connectivity index (χ4v) is 3.46. The molecule has 1 fully saturated rings. The lowest BCUT2D eigenvalue weighted by Crippen LogP contribution is -2.19. The minimum atomic E-state index is -0.909. The molecule has 3 rings (SSSR count). The number of aliphatic imine (C=N–C) groups is 1. The Morgan fingerprint density at radius 1 is 1.25 bits per heavy atom. The van der Waals surface area contributed by atoms with Crippen molar-refractivity contribution < 1.29 is 19.4 Å². The number of thioether (sulfide) groups is 1. The molecule has 0 atom stereocenters. The number of nitrogens with zero attached hydrogens (tertiary/aromatic N) is 1. The zero-order valence-electron chi connectivity index (χ0n) is 15.6. The smallest absolute Gasteiger partial charge is 0.306 e. The third-order valence-electron chi connectivity index (χ3n) is 3.97. The number of aryl methyl sites for hydroxylation is 2. The average molecular weight is 396 g/mol. The highest BCUT2D eigenvalue weighted by Gasteiger charge is 2.24. The minimum absolute atomic E-state index is 0.0676. The lowest BCUT2D eigenvalue weighted by molar-refractivity contribution is -0.137. The minimum Gasteiger partial charge on any atom is -0.493 e. The van der Waals surface area contributed by atoms with Crippen LogP contribution in [0.5, 0.6) is 5.75 Å². The van der Waals surface area contributed by atoms with E-state index in [0.717, 1.165) is 22.4 Å². The molecule has 2 aromatic rings. The highest BCUT2D eigenvalue weighted by Crippen LogP contribution is 2.30. The largest absolute Gasteiger partial charge is 0.493 e. The molecule has 0 unspecified atom stereocenters. The van der Waals surface area contributed by atoms with Crippen LogP contribution in [0, 0.1) is 13.8 Å². The van der Waals surface area contributed by atoms with Crippen LogP contribution in [0.4, 0.5) is 5.69 Å². The molecule has 1 amide bonds. The molecule has 1 aliphatic heterocycles. The van der Waals surface area contributed by atoms with Crippen molar-refractivity contribution in [2.75, 3.05) is 6.61 Å². The Hall–Kier alpha value is -3.06. The van der Waals surface area contributed by atoms with Gasteiger partial charge in [-0.05, 0) is 61.0 Å². The first-order valence-electron chi connectivity index (χ1n) is 8.72. The standard InChI is InChI=1S/C21H20N2O4S/c1-13-6-7-17(14(2)10-13)22-21-23-20(26)18(28-21)12-15-4-3-5-16(11-15)27-9-8-19(24)25/h3-7,10-12H,8-9H2,1-2H3,(H,24,25)(H,22,23,26)/b18-12-. The molecule has 144 valence electrons. The number of carbonyl (C=O) groups is 2. The summed E-state index contributed by atoms with van der Waals surface area (Å²) in [7, 11) is 0. The van der Waals surface area contributed by atoms with Gasteiger partial charge in [-0.2, -0.15) is 0 Å². The highest BCUT2D eigenvalue weighted by atomic mass is 32.2. The van der Waals surface area contributed by atoms with Crippen LogP contribution in [0.3, 0.4) is 0 Å². The van der Waals surface area contributed by atoms with E-state index in [9.17, 15) is 9.59 Å². The van der Waals surface area contributed by atoms with Gasteiger partial charge in [-0.25, -0.2) is 4.99 Å². The Labute approximate surface area is 167 Å². The van der Waals surface area contributed by atoms with Crippen molar-refractivity contribution in [3.05, 3.63) is 64.1 Å². The van der Waals surface area contributed by atoms with Gasteiger partial charge in [0.05, 0.1) is 23.6 Å². The number of nitrogens with one attached hydrogen (secondary N) is 1. The molecule has 0 radical (unpaired) electrons. The maximum Gasteiger partial charge on any atom is 0.306 e. The van der Waals surface area contributed by atoms with Crippen LogP contribution in [0.2, 0.25) is 0 Å². The van der Waals surface area contributed by atoms with E-state index in [1.165, 1.54) is 11.8 Å². The summed E-state index contributed by atoms with van der Waals surface area (Å²) in [6.45, 7) is 4.11. The van der Waals surface area contributed by atoms with Crippen molar-refractivity contribution in [1.82, 2.24) is 5.32 Å². The zero-order valence-corrected chi connectivity index (χ0v) is 16.4. The summed E-state index contributed by atoms with van der Waals surface area (Å²) >= 11 is 1.28. The normalized spacial score (nSPS) is 16.4. The number of rotatable bonds is 6. The van der Waals surface area contributed by atoms with E-state index >= 15 is 0 Å². The van der Waals surface area contributed by atoms with Gasteiger partial charge in [0.15, 0.2) is 5.17 Å². The van der Waals surface area contributed by atoms with Crippen LogP contribution in [-0.4, -0.2) is 28.8 Å². The van der Waals surface area contributed by atoms with Crippen molar-refractivity contribution in [3.8, 4) is 5.75 Å². The van der Waals surface area contributed by atoms with E-state index in [2.05, 4.69) is 10.3 Å². The lowest BCUT2D eigenvalue weighted by atomic mass is 10.1. The maximum absolute atomic E-state index is 12.3. The van der Waals surface area contributed by atoms with Crippen LogP contribution in [0.25, 0.3) is 6.08 Å².